The highest BCUT2D eigenvalue weighted by atomic mass is 19.1. The molecule has 7 heteroatoms. The van der Waals surface area contributed by atoms with Crippen molar-refractivity contribution in [3.63, 3.8) is 0 Å². The minimum absolute atomic E-state index is 0.0378. The lowest BCUT2D eigenvalue weighted by atomic mass is 9.89. The number of methoxy groups -OCH3 is 1. The molecule has 2 aromatic carbocycles. The number of ketones is 1. The number of likely N-dealkylation sites (tertiary alicyclic amines) is 1. The first-order chi connectivity index (χ1) is 19.3. The number of piperidine rings is 1. The van der Waals surface area contributed by atoms with E-state index in [1.54, 1.807) is 13.2 Å². The highest BCUT2D eigenvalue weighted by Crippen LogP contribution is 2.36. The highest BCUT2D eigenvalue weighted by molar-refractivity contribution is 6.09. The molecule has 0 unspecified atom stereocenters. The van der Waals surface area contributed by atoms with Crippen LogP contribution < -0.4 is 10.3 Å². The lowest BCUT2D eigenvalue weighted by molar-refractivity contribution is 0.0983. The molecule has 5 rings (SSSR count). The Morgan fingerprint density at radius 1 is 1.10 bits per heavy atom. The summed E-state index contributed by atoms with van der Waals surface area (Å²) in [4.78, 5) is 31.5. The molecule has 6 nitrogen and oxygen atoms in total. The van der Waals surface area contributed by atoms with Crippen LogP contribution in [0.15, 0.2) is 59.4 Å². The number of ether oxygens (including phenoxy) is 1. The average molecular weight is 544 g/mol. The van der Waals surface area contributed by atoms with E-state index in [1.165, 1.54) is 12.1 Å². The van der Waals surface area contributed by atoms with Crippen LogP contribution in [0.3, 0.4) is 0 Å². The van der Waals surface area contributed by atoms with Gasteiger partial charge in [0.15, 0.2) is 5.78 Å². The smallest absolute Gasteiger partial charge is 0.255 e. The van der Waals surface area contributed by atoms with Crippen LogP contribution in [0.4, 0.5) is 4.39 Å². The second kappa shape index (κ2) is 11.8. The summed E-state index contributed by atoms with van der Waals surface area (Å²) in [6.07, 6.45) is 2.67. The molecule has 1 N–H and O–H groups in total. The van der Waals surface area contributed by atoms with Gasteiger partial charge in [0.2, 0.25) is 0 Å². The lowest BCUT2D eigenvalue weighted by Gasteiger charge is -2.36. The lowest BCUT2D eigenvalue weighted by Crippen LogP contribution is -2.36. The first kappa shape index (κ1) is 27.8. The molecule has 2 aromatic heterocycles. The number of benzene rings is 2. The van der Waals surface area contributed by atoms with Crippen LogP contribution in [-0.4, -0.2) is 40.4 Å². The van der Waals surface area contributed by atoms with Gasteiger partial charge in [0, 0.05) is 46.9 Å². The van der Waals surface area contributed by atoms with E-state index in [0.717, 1.165) is 65.9 Å². The van der Waals surface area contributed by atoms with Gasteiger partial charge in [-0.3, -0.25) is 14.5 Å². The van der Waals surface area contributed by atoms with E-state index >= 15 is 0 Å². The minimum atomic E-state index is -0.205. The zero-order valence-electron chi connectivity index (χ0n) is 23.8. The number of hydrogen-bond acceptors (Lipinski definition) is 4. The largest absolute Gasteiger partial charge is 0.496 e. The number of pyridine rings is 1. The molecule has 0 aliphatic carbocycles. The van der Waals surface area contributed by atoms with Crippen molar-refractivity contribution in [1.29, 1.82) is 0 Å². The van der Waals surface area contributed by atoms with Gasteiger partial charge in [0.05, 0.1) is 12.7 Å². The van der Waals surface area contributed by atoms with Gasteiger partial charge < -0.3 is 14.3 Å². The topological polar surface area (TPSA) is 67.3 Å². The maximum Gasteiger partial charge on any atom is 0.255 e. The fraction of sp³-hybridized carbons (Fsp3) is 0.394. The van der Waals surface area contributed by atoms with Crippen molar-refractivity contribution in [3.8, 4) is 5.75 Å². The van der Waals surface area contributed by atoms with E-state index in [1.807, 2.05) is 44.2 Å². The molecule has 0 amide bonds. The Labute approximate surface area is 234 Å². The number of rotatable bonds is 9. The zero-order chi connectivity index (χ0) is 28.4. The number of aromatic amines is 1. The first-order valence-corrected chi connectivity index (χ1v) is 14.1. The Bertz CT molecular complexity index is 1560. The van der Waals surface area contributed by atoms with Gasteiger partial charge in [-0.2, -0.15) is 0 Å². The molecule has 1 fully saturated rings. The molecule has 0 saturated carbocycles. The molecule has 210 valence electrons. The molecule has 1 atom stereocenters. The van der Waals surface area contributed by atoms with Crippen LogP contribution in [0.5, 0.6) is 5.75 Å². The van der Waals surface area contributed by atoms with E-state index in [2.05, 4.69) is 27.4 Å². The number of nitrogens with zero attached hydrogens (tertiary/aromatic N) is 2. The zero-order valence-corrected chi connectivity index (χ0v) is 23.8. The highest BCUT2D eigenvalue weighted by Gasteiger charge is 2.29. The van der Waals surface area contributed by atoms with Gasteiger partial charge in [0.1, 0.15) is 11.6 Å². The fourth-order valence-corrected chi connectivity index (χ4v) is 6.39. The number of hydrogen-bond donors (Lipinski definition) is 1. The number of carbonyl (C=O) groups is 1. The van der Waals surface area contributed by atoms with E-state index in [4.69, 9.17) is 4.74 Å². The standard InChI is InChI=1S/C33H38FN3O3/c1-21-19-31(40-4)28(33(39)35-21)13-14-30(38)32-23(3)37(29-8-6-5-7-27(29)32)22(2)25-15-17-36(18-16-25)20-24-9-11-26(34)12-10-24/h5-12,19,22,25H,13-18,20H2,1-4H3,(H,35,39)/t22-/m1/s1. The molecule has 0 spiro atoms. The molecule has 1 aliphatic rings. The minimum Gasteiger partial charge on any atom is -0.496 e. The van der Waals surface area contributed by atoms with Crippen LogP contribution >= 0.6 is 0 Å². The van der Waals surface area contributed by atoms with Gasteiger partial charge in [-0.25, -0.2) is 4.39 Å². The SMILES string of the molecule is COc1cc(C)[nH]c(=O)c1CCC(=O)c1c(C)n([C@H](C)C2CCN(Cc3ccc(F)cc3)CC2)c2ccccc12. The monoisotopic (exact) mass is 543 g/mol. The number of halogens is 1. The van der Waals surface area contributed by atoms with Gasteiger partial charge in [-0.15, -0.1) is 0 Å². The molecule has 3 heterocycles. The van der Waals surface area contributed by atoms with Crippen molar-refractivity contribution < 1.29 is 13.9 Å². The summed E-state index contributed by atoms with van der Waals surface area (Å²) in [5.74, 6) is 0.840. The van der Waals surface area contributed by atoms with E-state index in [-0.39, 0.29) is 29.6 Å². The number of aryl methyl sites for hydroxylation is 1. The molecule has 1 aliphatic heterocycles. The van der Waals surface area contributed by atoms with Gasteiger partial charge in [-0.05, 0) is 88.9 Å². The van der Waals surface area contributed by atoms with Crippen LogP contribution in [0.2, 0.25) is 0 Å². The number of Topliss-reactive ketones (excluding diaryl/α,β-unsaturated/α-hetero) is 1. The predicted octanol–water partition coefficient (Wildman–Crippen LogP) is 6.38. The number of fused-ring (bicyclic) bond motifs is 1. The third-order valence-corrected chi connectivity index (χ3v) is 8.53. The number of para-hydroxylation sites is 1. The Kier molecular flexibility index (Phi) is 8.22. The maximum absolute atomic E-state index is 13.7. The predicted molar refractivity (Wildman–Crippen MR) is 157 cm³/mol. The third-order valence-electron chi connectivity index (χ3n) is 8.53. The number of carbonyl (C=O) groups excluding carboxylic acids is 1. The Morgan fingerprint density at radius 2 is 1.80 bits per heavy atom. The summed E-state index contributed by atoms with van der Waals surface area (Å²) in [6, 6.07) is 17.0. The maximum atomic E-state index is 13.7. The van der Waals surface area contributed by atoms with Crippen molar-refractivity contribution >= 4 is 16.7 Å². The molecular weight excluding hydrogens is 505 g/mol. The number of H-pyrrole nitrogens is 1. The quantitative estimate of drug-likeness (QED) is 0.249. The number of nitrogens with one attached hydrogen (secondary N) is 1. The number of aromatic nitrogens is 2. The van der Waals surface area contributed by atoms with Crippen molar-refractivity contribution in [3.05, 3.63) is 98.8 Å². The summed E-state index contributed by atoms with van der Waals surface area (Å²) in [5, 5.41) is 0.968. The Balaban J connectivity index is 1.33. The molecule has 0 radical (unpaired) electrons. The van der Waals surface area contributed by atoms with Crippen molar-refractivity contribution in [1.82, 2.24) is 14.5 Å². The molecule has 40 heavy (non-hydrogen) atoms. The molecular formula is C33H38FN3O3. The second-order valence-electron chi connectivity index (χ2n) is 11.1. The van der Waals surface area contributed by atoms with E-state index in [9.17, 15) is 14.0 Å². The molecule has 0 bridgehead atoms. The van der Waals surface area contributed by atoms with Crippen LogP contribution in [0.25, 0.3) is 10.9 Å². The van der Waals surface area contributed by atoms with Gasteiger partial charge in [-0.1, -0.05) is 30.3 Å². The molecule has 4 aromatic rings. The summed E-state index contributed by atoms with van der Waals surface area (Å²) in [6.45, 7) is 8.94. The Morgan fingerprint density at radius 3 is 2.50 bits per heavy atom. The van der Waals surface area contributed by atoms with E-state index < -0.39 is 0 Å². The third kappa shape index (κ3) is 5.61. The van der Waals surface area contributed by atoms with Gasteiger partial charge >= 0.3 is 0 Å². The summed E-state index contributed by atoms with van der Waals surface area (Å²) >= 11 is 0. The van der Waals surface area contributed by atoms with Crippen molar-refractivity contribution in [2.24, 2.45) is 5.92 Å². The normalized spacial score (nSPS) is 15.4. The van der Waals surface area contributed by atoms with Crippen molar-refractivity contribution in [2.45, 2.75) is 59.0 Å². The van der Waals surface area contributed by atoms with Gasteiger partial charge in [0.25, 0.3) is 5.56 Å². The van der Waals surface area contributed by atoms with Crippen molar-refractivity contribution in [2.75, 3.05) is 20.2 Å². The first-order valence-electron chi connectivity index (χ1n) is 14.1. The van der Waals surface area contributed by atoms with Crippen LogP contribution in [0, 0.1) is 25.6 Å². The summed E-state index contributed by atoms with van der Waals surface area (Å²) in [7, 11) is 1.55. The molecule has 1 saturated heterocycles. The average Bonchev–Trinajstić information content (AvgIpc) is 3.25. The fourth-order valence-electron chi connectivity index (χ4n) is 6.39. The second-order valence-corrected chi connectivity index (χ2v) is 11.1. The Hall–Kier alpha value is -3.71. The summed E-state index contributed by atoms with van der Waals surface area (Å²) in [5.41, 5.74) is 4.97. The van der Waals surface area contributed by atoms with Crippen LogP contribution in [0.1, 0.15) is 65.1 Å². The van der Waals surface area contributed by atoms with E-state index in [0.29, 0.717) is 23.7 Å². The van der Waals surface area contributed by atoms with Crippen LogP contribution in [-0.2, 0) is 13.0 Å². The summed E-state index contributed by atoms with van der Waals surface area (Å²) < 4.78 is 21.1.